The van der Waals surface area contributed by atoms with Crippen LogP contribution in [-0.2, 0) is 16.2 Å². The number of alkyl halides is 3. The van der Waals surface area contributed by atoms with E-state index < -0.39 is 27.7 Å². The molecule has 27 heavy (non-hydrogen) atoms. The minimum Gasteiger partial charge on any atom is -0.350 e. The van der Waals surface area contributed by atoms with Crippen molar-refractivity contribution in [3.63, 3.8) is 0 Å². The molecule has 0 unspecified atom stereocenters. The largest absolute Gasteiger partial charge is 0.416 e. The number of halogens is 3. The molecule has 146 valence electrons. The molecule has 2 rings (SSSR count). The number of carbonyl (C=O) groups is 1. The maximum Gasteiger partial charge on any atom is 0.416 e. The molecule has 0 radical (unpaired) electrons. The summed E-state index contributed by atoms with van der Waals surface area (Å²) in [5, 5.41) is 2.72. The van der Waals surface area contributed by atoms with Crippen LogP contribution in [0.25, 0.3) is 0 Å². The quantitative estimate of drug-likeness (QED) is 0.769. The van der Waals surface area contributed by atoms with E-state index >= 15 is 0 Å². The van der Waals surface area contributed by atoms with Gasteiger partial charge in [0.2, 0.25) is 0 Å². The summed E-state index contributed by atoms with van der Waals surface area (Å²) < 4.78 is 65.4. The van der Waals surface area contributed by atoms with E-state index in [2.05, 4.69) is 10.0 Å². The molecule has 0 aliphatic carbocycles. The normalized spacial score (nSPS) is 13.1. The predicted molar refractivity (Wildman–Crippen MR) is 95.9 cm³/mol. The zero-order valence-corrected chi connectivity index (χ0v) is 15.5. The summed E-state index contributed by atoms with van der Waals surface area (Å²) in [5.41, 5.74) is -1.05. The number of amides is 1. The molecule has 0 saturated carbocycles. The van der Waals surface area contributed by atoms with Crippen molar-refractivity contribution in [1.29, 1.82) is 0 Å². The molecule has 2 N–H and O–H groups in total. The van der Waals surface area contributed by atoms with Gasteiger partial charge in [0, 0.05) is 17.3 Å². The van der Waals surface area contributed by atoms with Crippen LogP contribution in [0.1, 0.15) is 36.2 Å². The van der Waals surface area contributed by atoms with Crippen LogP contribution in [-0.4, -0.2) is 20.4 Å². The first-order valence-corrected chi connectivity index (χ1v) is 9.62. The van der Waals surface area contributed by atoms with Gasteiger partial charge in [-0.05, 0) is 49.7 Å². The van der Waals surface area contributed by atoms with Gasteiger partial charge in [-0.15, -0.1) is 0 Å². The van der Waals surface area contributed by atoms with E-state index in [0.717, 1.165) is 12.1 Å². The summed E-state index contributed by atoms with van der Waals surface area (Å²) in [5.74, 6) is -0.430. The minimum atomic E-state index is -4.59. The van der Waals surface area contributed by atoms with Crippen molar-refractivity contribution in [3.8, 4) is 0 Å². The van der Waals surface area contributed by atoms with Gasteiger partial charge in [-0.1, -0.05) is 19.1 Å². The second-order valence-corrected chi connectivity index (χ2v) is 7.68. The van der Waals surface area contributed by atoms with Crippen molar-refractivity contribution in [2.24, 2.45) is 0 Å². The van der Waals surface area contributed by atoms with Gasteiger partial charge in [0.25, 0.3) is 15.9 Å². The fourth-order valence-electron chi connectivity index (χ4n) is 2.19. The van der Waals surface area contributed by atoms with Gasteiger partial charge in [0.15, 0.2) is 0 Å². The summed E-state index contributed by atoms with van der Waals surface area (Å²) in [4.78, 5) is 11.9. The highest BCUT2D eigenvalue weighted by Gasteiger charge is 2.30. The Morgan fingerprint density at radius 3 is 2.41 bits per heavy atom. The summed E-state index contributed by atoms with van der Waals surface area (Å²) in [6, 6.07) is 9.08. The lowest BCUT2D eigenvalue weighted by atomic mass is 10.2. The van der Waals surface area contributed by atoms with E-state index in [1.54, 1.807) is 0 Å². The number of hydrogen-bond donors (Lipinski definition) is 2. The highest BCUT2D eigenvalue weighted by Crippen LogP contribution is 2.31. The second-order valence-electron chi connectivity index (χ2n) is 5.99. The number of benzene rings is 2. The third kappa shape index (κ3) is 5.46. The predicted octanol–water partition coefficient (Wildman–Crippen LogP) is 4.03. The van der Waals surface area contributed by atoms with E-state index in [4.69, 9.17) is 0 Å². The van der Waals surface area contributed by atoms with Gasteiger partial charge >= 0.3 is 6.18 Å². The Balaban J connectivity index is 2.27. The number of rotatable bonds is 6. The van der Waals surface area contributed by atoms with Crippen molar-refractivity contribution in [2.75, 3.05) is 4.72 Å². The van der Waals surface area contributed by atoms with Crippen molar-refractivity contribution >= 4 is 21.6 Å². The van der Waals surface area contributed by atoms with Crippen LogP contribution < -0.4 is 10.0 Å². The van der Waals surface area contributed by atoms with Gasteiger partial charge in [0.1, 0.15) is 0 Å². The molecule has 0 spiro atoms. The van der Waals surface area contributed by atoms with E-state index in [-0.39, 0.29) is 22.2 Å². The van der Waals surface area contributed by atoms with Gasteiger partial charge in [-0.2, -0.15) is 13.2 Å². The van der Waals surface area contributed by atoms with Crippen LogP contribution in [0.3, 0.4) is 0 Å². The van der Waals surface area contributed by atoms with Gasteiger partial charge in [-0.3, -0.25) is 9.52 Å². The molecule has 1 amide bonds. The van der Waals surface area contributed by atoms with Crippen LogP contribution in [0, 0.1) is 0 Å². The summed E-state index contributed by atoms with van der Waals surface area (Å²) in [6.07, 6.45) is -3.88. The number of anilines is 1. The van der Waals surface area contributed by atoms with Gasteiger partial charge < -0.3 is 5.32 Å². The molecule has 9 heteroatoms. The first kappa shape index (κ1) is 20.8. The average molecular weight is 400 g/mol. The Morgan fingerprint density at radius 1 is 1.11 bits per heavy atom. The monoisotopic (exact) mass is 400 g/mol. The Kier molecular flexibility index (Phi) is 6.15. The summed E-state index contributed by atoms with van der Waals surface area (Å²) in [6.45, 7) is 3.71. The average Bonchev–Trinajstić information content (AvgIpc) is 2.60. The van der Waals surface area contributed by atoms with E-state index in [0.29, 0.717) is 12.5 Å². The zero-order chi connectivity index (χ0) is 20.2. The van der Waals surface area contributed by atoms with E-state index in [1.807, 2.05) is 13.8 Å². The molecule has 0 bridgehead atoms. The SMILES string of the molecule is CC[C@@H](C)NC(=O)c1cccc(S(=O)(=O)Nc2cccc(C(F)(F)F)c2)c1. The first-order chi connectivity index (χ1) is 12.5. The molecular formula is C18H19F3N2O3S. The molecule has 2 aromatic rings. The fourth-order valence-corrected chi connectivity index (χ4v) is 3.28. The van der Waals surface area contributed by atoms with Crippen molar-refractivity contribution in [2.45, 2.75) is 37.4 Å². The van der Waals surface area contributed by atoms with E-state index in [9.17, 15) is 26.4 Å². The minimum absolute atomic E-state index is 0.0824. The zero-order valence-electron chi connectivity index (χ0n) is 14.7. The highest BCUT2D eigenvalue weighted by molar-refractivity contribution is 7.92. The number of sulfonamides is 1. The molecule has 1 atom stereocenters. The second kappa shape index (κ2) is 7.99. The molecule has 2 aromatic carbocycles. The lowest BCUT2D eigenvalue weighted by Gasteiger charge is -2.13. The third-order valence-electron chi connectivity index (χ3n) is 3.84. The maximum absolute atomic E-state index is 12.8. The van der Waals surface area contributed by atoms with E-state index in [1.165, 1.54) is 30.3 Å². The number of hydrogen-bond acceptors (Lipinski definition) is 3. The smallest absolute Gasteiger partial charge is 0.350 e. The molecule has 0 aliphatic rings. The Bertz CT molecular complexity index is 927. The molecule has 5 nitrogen and oxygen atoms in total. The van der Waals surface area contributed by atoms with Crippen LogP contribution in [0.4, 0.5) is 18.9 Å². The maximum atomic E-state index is 12.8. The van der Waals surface area contributed by atoms with Crippen molar-refractivity contribution < 1.29 is 26.4 Å². The van der Waals surface area contributed by atoms with Gasteiger partial charge in [0.05, 0.1) is 10.5 Å². The van der Waals surface area contributed by atoms with Crippen LogP contribution in [0.5, 0.6) is 0 Å². The molecule has 0 aliphatic heterocycles. The summed E-state index contributed by atoms with van der Waals surface area (Å²) >= 11 is 0. The lowest BCUT2D eigenvalue weighted by molar-refractivity contribution is -0.137. The van der Waals surface area contributed by atoms with Crippen LogP contribution in [0.2, 0.25) is 0 Å². The lowest BCUT2D eigenvalue weighted by Crippen LogP contribution is -2.32. The highest BCUT2D eigenvalue weighted by atomic mass is 32.2. The van der Waals surface area contributed by atoms with Gasteiger partial charge in [-0.25, -0.2) is 8.42 Å². The third-order valence-corrected chi connectivity index (χ3v) is 5.22. The molecule has 0 aromatic heterocycles. The number of carbonyl (C=O) groups excluding carboxylic acids is 1. The van der Waals surface area contributed by atoms with Crippen LogP contribution in [0.15, 0.2) is 53.4 Å². The molecular weight excluding hydrogens is 381 g/mol. The van der Waals surface area contributed by atoms with Crippen molar-refractivity contribution in [1.82, 2.24) is 5.32 Å². The molecule has 0 fully saturated rings. The standard InChI is InChI=1S/C18H19F3N2O3S/c1-3-12(2)22-17(24)13-6-4-9-16(10-13)27(25,26)23-15-8-5-7-14(11-15)18(19,20)21/h4-12,23H,3H2,1-2H3,(H,22,24)/t12-/m1/s1. The fraction of sp³-hybridized carbons (Fsp3) is 0.278. The topological polar surface area (TPSA) is 75.3 Å². The summed E-state index contributed by atoms with van der Waals surface area (Å²) in [7, 11) is -4.16. The Hall–Kier alpha value is -2.55. The first-order valence-electron chi connectivity index (χ1n) is 8.14. The van der Waals surface area contributed by atoms with Crippen molar-refractivity contribution in [3.05, 3.63) is 59.7 Å². The Labute approximate surface area is 155 Å². The van der Waals surface area contributed by atoms with Crippen LogP contribution >= 0.6 is 0 Å². The number of nitrogens with one attached hydrogen (secondary N) is 2. The molecule has 0 saturated heterocycles. The molecule has 0 heterocycles. The Morgan fingerprint density at radius 2 is 1.78 bits per heavy atom.